The van der Waals surface area contributed by atoms with Crippen LogP contribution in [0.2, 0.25) is 0 Å². The Kier molecular flexibility index (Phi) is 11.4. The average Bonchev–Trinajstić information content (AvgIpc) is 2.88. The van der Waals surface area contributed by atoms with E-state index < -0.39 is 42.6 Å². The van der Waals surface area contributed by atoms with Gasteiger partial charge in [-0.05, 0) is 24.0 Å². The minimum absolute atomic E-state index is 0.184. The molecule has 3 rings (SSSR count). The zero-order valence-corrected chi connectivity index (χ0v) is 20.9. The van der Waals surface area contributed by atoms with Crippen LogP contribution in [0.25, 0.3) is 0 Å². The van der Waals surface area contributed by atoms with E-state index in [1.165, 1.54) is 0 Å². The van der Waals surface area contributed by atoms with E-state index in [0.717, 1.165) is 11.1 Å². The number of esters is 2. The Bertz CT molecular complexity index is 920. The first-order valence-corrected chi connectivity index (χ1v) is 12.5. The van der Waals surface area contributed by atoms with E-state index in [9.17, 15) is 14.7 Å². The van der Waals surface area contributed by atoms with Gasteiger partial charge >= 0.3 is 11.9 Å². The van der Waals surface area contributed by atoms with Crippen LogP contribution in [0.3, 0.4) is 0 Å². The lowest BCUT2D eigenvalue weighted by molar-refractivity contribution is -0.310. The Balaban J connectivity index is 1.83. The third kappa shape index (κ3) is 8.41. The summed E-state index contributed by atoms with van der Waals surface area (Å²) in [5.74, 6) is -0.819. The van der Waals surface area contributed by atoms with Gasteiger partial charge < -0.3 is 28.8 Å². The predicted molar refractivity (Wildman–Crippen MR) is 132 cm³/mol. The van der Waals surface area contributed by atoms with Crippen LogP contribution in [-0.2, 0) is 46.5 Å². The molecule has 0 radical (unpaired) electrons. The molecular formula is C28H36O8. The summed E-state index contributed by atoms with van der Waals surface area (Å²) in [5.41, 5.74) is 1.81. The summed E-state index contributed by atoms with van der Waals surface area (Å²) in [6.45, 7) is 3.97. The molecule has 5 atom stereocenters. The lowest BCUT2D eigenvalue weighted by Gasteiger charge is -2.43. The van der Waals surface area contributed by atoms with Crippen molar-refractivity contribution in [3.63, 3.8) is 0 Å². The number of hydrogen-bond acceptors (Lipinski definition) is 8. The molecule has 2 aromatic carbocycles. The molecule has 1 fully saturated rings. The molecule has 0 bridgehead atoms. The maximum absolute atomic E-state index is 12.5. The molecule has 0 unspecified atom stereocenters. The second kappa shape index (κ2) is 14.7. The van der Waals surface area contributed by atoms with Gasteiger partial charge in [-0.25, -0.2) is 0 Å². The molecule has 1 aliphatic rings. The van der Waals surface area contributed by atoms with Crippen LogP contribution in [0.1, 0.15) is 50.7 Å². The van der Waals surface area contributed by atoms with Crippen molar-refractivity contribution >= 4 is 11.9 Å². The van der Waals surface area contributed by atoms with Gasteiger partial charge in [-0.15, -0.1) is 0 Å². The number of aliphatic hydroxyl groups is 1. The number of hydrogen-bond donors (Lipinski definition) is 1. The van der Waals surface area contributed by atoms with Crippen molar-refractivity contribution in [1.29, 1.82) is 0 Å². The minimum Gasteiger partial charge on any atom is -0.463 e. The molecule has 0 aliphatic carbocycles. The summed E-state index contributed by atoms with van der Waals surface area (Å²) in [5, 5.41) is 10.9. The molecular weight excluding hydrogens is 464 g/mol. The molecule has 36 heavy (non-hydrogen) atoms. The number of carbonyl (C=O) groups excluding carboxylic acids is 2. The first-order chi connectivity index (χ1) is 17.5. The molecule has 0 spiro atoms. The summed E-state index contributed by atoms with van der Waals surface area (Å²) >= 11 is 0. The van der Waals surface area contributed by atoms with Gasteiger partial charge in [0.25, 0.3) is 0 Å². The van der Waals surface area contributed by atoms with Crippen molar-refractivity contribution in [2.75, 3.05) is 6.61 Å². The Hall–Kier alpha value is -2.78. The Labute approximate surface area is 212 Å². The van der Waals surface area contributed by atoms with Gasteiger partial charge in [0, 0.05) is 12.8 Å². The van der Waals surface area contributed by atoms with Crippen LogP contribution in [0.4, 0.5) is 0 Å². The largest absolute Gasteiger partial charge is 0.463 e. The van der Waals surface area contributed by atoms with Gasteiger partial charge in [0.15, 0.2) is 12.4 Å². The van der Waals surface area contributed by atoms with Crippen LogP contribution in [0.15, 0.2) is 60.7 Å². The summed E-state index contributed by atoms with van der Waals surface area (Å²) in [4.78, 5) is 24.6. The fourth-order valence-electron chi connectivity index (χ4n) is 3.94. The maximum Gasteiger partial charge on any atom is 0.306 e. The fourth-order valence-corrected chi connectivity index (χ4v) is 3.94. The number of aliphatic hydroxyl groups excluding tert-OH is 1. The van der Waals surface area contributed by atoms with E-state index in [-0.39, 0.29) is 32.7 Å². The fraction of sp³-hybridized carbons (Fsp3) is 0.500. The van der Waals surface area contributed by atoms with Crippen LogP contribution < -0.4 is 0 Å². The van der Waals surface area contributed by atoms with Crippen LogP contribution >= 0.6 is 0 Å². The highest BCUT2D eigenvalue weighted by Crippen LogP contribution is 2.29. The molecule has 0 saturated carbocycles. The first-order valence-electron chi connectivity index (χ1n) is 12.5. The molecule has 8 nitrogen and oxygen atoms in total. The third-order valence-electron chi connectivity index (χ3n) is 5.76. The maximum atomic E-state index is 12.5. The van der Waals surface area contributed by atoms with Gasteiger partial charge in [-0.1, -0.05) is 74.5 Å². The Morgan fingerprint density at radius 2 is 1.31 bits per heavy atom. The van der Waals surface area contributed by atoms with E-state index in [1.54, 1.807) is 0 Å². The van der Waals surface area contributed by atoms with Crippen LogP contribution in [0, 0.1) is 0 Å². The van der Waals surface area contributed by atoms with E-state index in [2.05, 4.69) is 0 Å². The smallest absolute Gasteiger partial charge is 0.306 e. The van der Waals surface area contributed by atoms with Gasteiger partial charge in [0.2, 0.25) is 0 Å². The van der Waals surface area contributed by atoms with Crippen LogP contribution in [-0.4, -0.2) is 54.4 Å². The molecule has 1 saturated heterocycles. The van der Waals surface area contributed by atoms with Crippen LogP contribution in [0.5, 0.6) is 0 Å². The normalized spacial score (nSPS) is 23.7. The lowest BCUT2D eigenvalue weighted by Crippen LogP contribution is -2.61. The molecule has 1 N–H and O–H groups in total. The van der Waals surface area contributed by atoms with E-state index in [0.29, 0.717) is 12.8 Å². The lowest BCUT2D eigenvalue weighted by atomic mass is 9.98. The minimum atomic E-state index is -1.38. The average molecular weight is 501 g/mol. The molecule has 196 valence electrons. The summed E-state index contributed by atoms with van der Waals surface area (Å²) in [7, 11) is 0. The number of rotatable bonds is 13. The van der Waals surface area contributed by atoms with Crippen molar-refractivity contribution in [3.05, 3.63) is 71.8 Å². The van der Waals surface area contributed by atoms with Crippen molar-refractivity contribution < 1.29 is 38.4 Å². The van der Waals surface area contributed by atoms with Gasteiger partial charge in [-0.2, -0.15) is 0 Å². The second-order valence-electron chi connectivity index (χ2n) is 8.73. The van der Waals surface area contributed by atoms with Crippen molar-refractivity contribution in [2.45, 2.75) is 83.5 Å². The molecule has 1 aliphatic heterocycles. The predicted octanol–water partition coefficient (Wildman–Crippen LogP) is 3.93. The third-order valence-corrected chi connectivity index (χ3v) is 5.76. The topological polar surface area (TPSA) is 101 Å². The van der Waals surface area contributed by atoms with Crippen molar-refractivity contribution in [2.24, 2.45) is 0 Å². The number of ether oxygens (including phenoxy) is 5. The van der Waals surface area contributed by atoms with Crippen molar-refractivity contribution in [1.82, 2.24) is 0 Å². The first kappa shape index (κ1) is 27.8. The SMILES string of the molecule is CCCC(=O)OC[C@H]1O[C@H](O)[C@H](OCc2ccccc2)[C@@H](OCc2ccccc2)[C@H]1OC(=O)CCC. The van der Waals surface area contributed by atoms with E-state index in [4.69, 9.17) is 23.7 Å². The number of benzene rings is 2. The van der Waals surface area contributed by atoms with E-state index in [1.807, 2.05) is 74.5 Å². The highest BCUT2D eigenvalue weighted by Gasteiger charge is 2.49. The van der Waals surface area contributed by atoms with Gasteiger partial charge in [0.1, 0.15) is 24.9 Å². The Morgan fingerprint density at radius 3 is 1.86 bits per heavy atom. The molecule has 2 aromatic rings. The molecule has 8 heteroatoms. The second-order valence-corrected chi connectivity index (χ2v) is 8.73. The van der Waals surface area contributed by atoms with Crippen molar-refractivity contribution in [3.8, 4) is 0 Å². The monoisotopic (exact) mass is 500 g/mol. The zero-order valence-electron chi connectivity index (χ0n) is 20.9. The Morgan fingerprint density at radius 1 is 0.778 bits per heavy atom. The van der Waals surface area contributed by atoms with Gasteiger partial charge in [0.05, 0.1) is 13.2 Å². The summed E-state index contributed by atoms with van der Waals surface area (Å²) < 4.78 is 29.2. The summed E-state index contributed by atoms with van der Waals surface area (Å²) in [6, 6.07) is 19.0. The molecule has 0 aromatic heterocycles. The zero-order chi connectivity index (χ0) is 25.8. The van der Waals surface area contributed by atoms with Gasteiger partial charge in [-0.3, -0.25) is 9.59 Å². The summed E-state index contributed by atoms with van der Waals surface area (Å²) in [6.07, 6.45) is -3.36. The molecule has 0 amide bonds. The standard InChI is InChI=1S/C28H36O8/c1-3-11-23(29)32-19-22-25(36-24(30)12-4-2)26(33-17-20-13-7-5-8-14-20)27(28(31)35-22)34-18-21-15-9-6-10-16-21/h5-10,13-16,22,25-28,31H,3-4,11-12,17-19H2,1-2H3/t22-,25+,26+,27-,28+/m1/s1. The highest BCUT2D eigenvalue weighted by molar-refractivity contribution is 5.70. The van der Waals surface area contributed by atoms with E-state index >= 15 is 0 Å². The quantitative estimate of drug-likeness (QED) is 0.413. The number of carbonyl (C=O) groups is 2. The molecule has 1 heterocycles. The highest BCUT2D eigenvalue weighted by atomic mass is 16.7.